The molecule has 2 atom stereocenters. The van der Waals surface area contributed by atoms with Crippen LogP contribution in [0.4, 0.5) is 0 Å². The van der Waals surface area contributed by atoms with Gasteiger partial charge in [-0.1, -0.05) is 47.5 Å². The molecule has 4 rings (SSSR count). The molecular weight excluding hydrogens is 807 g/mol. The first-order chi connectivity index (χ1) is 24.5. The van der Waals surface area contributed by atoms with Gasteiger partial charge in [0.1, 0.15) is 21.3 Å². The molecule has 0 radical (unpaired) electrons. The number of Topliss-reactive ketones (excluding diaryl/α,β-unsaturated/α-hetero) is 1. The number of hydrogen-bond acceptors (Lipinski definition) is 9. The van der Waals surface area contributed by atoms with Gasteiger partial charge in [0, 0.05) is 76.9 Å². The number of carbonyl (C=O) groups is 1. The third kappa shape index (κ3) is 27.6. The first-order valence-electron chi connectivity index (χ1n) is 16.7. The minimum atomic E-state index is -1.26. The van der Waals surface area contributed by atoms with E-state index < -0.39 is 22.0 Å². The fraction of sp³-hybridized carbons (Fsp3) is 0.474. The summed E-state index contributed by atoms with van der Waals surface area (Å²) in [5.41, 5.74) is 2.39. The zero-order valence-electron chi connectivity index (χ0n) is 33.6. The smallest absolute Gasteiger partial charge is 0.159 e. The van der Waals surface area contributed by atoms with Crippen molar-refractivity contribution >= 4 is 78.2 Å². The van der Waals surface area contributed by atoms with E-state index >= 15 is 0 Å². The fourth-order valence-corrected chi connectivity index (χ4v) is 3.95. The number of aromatic nitrogens is 2. The summed E-state index contributed by atoms with van der Waals surface area (Å²) < 4.78 is 26.1. The van der Waals surface area contributed by atoms with E-state index in [4.69, 9.17) is 48.8 Å². The maximum atomic E-state index is 12.1. The van der Waals surface area contributed by atoms with Crippen LogP contribution in [0.2, 0.25) is 10.3 Å². The number of nitrogens with zero attached hydrogens (tertiary/aromatic N) is 3. The van der Waals surface area contributed by atoms with Crippen LogP contribution in [0.15, 0.2) is 65.3 Å². The topological polar surface area (TPSA) is 196 Å². The SMILES string of the molecule is CC(=N[S@](=O)C(C)(C)C)c1ccc2cnc(Cl)cc2c1.CC(=O)c1ccc2cnc(Cl)cc2c1.CC(C)(C)S(N)=O.CCO.CCO.CCO.CCO.[Ti]. The molecule has 0 spiro atoms. The predicted molar refractivity (Wildman–Crippen MR) is 227 cm³/mol. The molecule has 4 aromatic rings. The van der Waals surface area contributed by atoms with Crippen molar-refractivity contribution in [3.05, 3.63) is 82.4 Å². The molecule has 16 heteroatoms. The summed E-state index contributed by atoms with van der Waals surface area (Å²) >= 11 is 11.7. The van der Waals surface area contributed by atoms with Gasteiger partial charge in [0.25, 0.3) is 0 Å². The molecule has 304 valence electrons. The van der Waals surface area contributed by atoms with Crippen LogP contribution in [0.3, 0.4) is 0 Å². The van der Waals surface area contributed by atoms with Crippen LogP contribution in [-0.2, 0) is 43.7 Å². The Morgan fingerprint density at radius 2 is 0.981 bits per heavy atom. The summed E-state index contributed by atoms with van der Waals surface area (Å²) in [6.07, 6.45) is 3.43. The summed E-state index contributed by atoms with van der Waals surface area (Å²) in [5, 5.41) is 40.2. The summed E-state index contributed by atoms with van der Waals surface area (Å²) in [4.78, 5) is 19.1. The van der Waals surface area contributed by atoms with E-state index in [0.717, 1.165) is 32.8 Å². The monoisotopic (exact) mass is 866 g/mol. The van der Waals surface area contributed by atoms with Gasteiger partial charge in [0.05, 0.1) is 26.2 Å². The number of nitrogens with two attached hydrogens (primary N) is 1. The van der Waals surface area contributed by atoms with Gasteiger partial charge in [0.15, 0.2) is 5.78 Å². The van der Waals surface area contributed by atoms with Crippen molar-refractivity contribution in [1.82, 2.24) is 9.97 Å². The molecular formula is C38H60Cl2N4O7S2Ti. The van der Waals surface area contributed by atoms with Crippen LogP contribution in [0, 0.1) is 0 Å². The van der Waals surface area contributed by atoms with Crippen molar-refractivity contribution in [1.29, 1.82) is 0 Å². The predicted octanol–water partition coefficient (Wildman–Crippen LogP) is 7.65. The second-order valence-electron chi connectivity index (χ2n) is 12.4. The van der Waals surface area contributed by atoms with E-state index in [2.05, 4.69) is 14.4 Å². The Hall–Kier alpha value is -2.01. The number of aliphatic hydroxyl groups excluding tert-OH is 4. The van der Waals surface area contributed by atoms with E-state index in [-0.39, 0.29) is 63.4 Å². The number of hydrogen-bond donors (Lipinski definition) is 5. The minimum absolute atomic E-state index is 0. The van der Waals surface area contributed by atoms with Crippen LogP contribution < -0.4 is 5.14 Å². The molecule has 2 aromatic carbocycles. The molecule has 0 aliphatic rings. The number of pyridine rings is 2. The van der Waals surface area contributed by atoms with E-state index in [1.807, 2.05) is 84.9 Å². The van der Waals surface area contributed by atoms with Crippen molar-refractivity contribution in [2.45, 2.75) is 92.6 Å². The molecule has 1 unspecified atom stereocenters. The zero-order chi connectivity index (χ0) is 41.9. The number of fused-ring (bicyclic) bond motifs is 2. The second kappa shape index (κ2) is 32.1. The van der Waals surface area contributed by atoms with Gasteiger partial charge in [-0.2, -0.15) is 4.40 Å². The largest absolute Gasteiger partial charge is 0.397 e. The molecule has 2 heterocycles. The van der Waals surface area contributed by atoms with Crippen LogP contribution in [0.25, 0.3) is 21.5 Å². The molecule has 0 amide bonds. The van der Waals surface area contributed by atoms with Crippen molar-refractivity contribution < 1.29 is 55.4 Å². The Kier molecular flexibility index (Phi) is 34.9. The van der Waals surface area contributed by atoms with Gasteiger partial charge in [0.2, 0.25) is 0 Å². The van der Waals surface area contributed by atoms with E-state index in [0.29, 0.717) is 15.9 Å². The molecule has 2 aromatic heterocycles. The summed E-state index contributed by atoms with van der Waals surface area (Å²) in [5.74, 6) is 0.0554. The Morgan fingerprint density at radius 3 is 1.28 bits per heavy atom. The number of rotatable bonds is 3. The minimum Gasteiger partial charge on any atom is -0.397 e. The van der Waals surface area contributed by atoms with Crippen molar-refractivity contribution in [2.24, 2.45) is 9.54 Å². The Balaban J connectivity index is -0.000000319. The third-order valence-electron chi connectivity index (χ3n) is 5.55. The standard InChI is InChI=1S/C15H17ClN2OS.C11H8ClNO.C4H11NOS.4C2H6O.Ti/c1-10(18-20(19)15(2,3)4)11-5-6-12-9-17-14(16)8-13(12)7-11;1-7(14)8-2-3-9-6-13-11(12)5-10(9)4-8;1-4(2,3)7(5)6;4*1-2-3;/h5-9H,1-4H3;2-6H,1H3;5H2,1-3H3;4*3H,2H2,1H3;/t20-;;;;;;;/m1......./s1. The van der Waals surface area contributed by atoms with Crippen LogP contribution in [0.1, 0.15) is 99.0 Å². The van der Waals surface area contributed by atoms with Gasteiger partial charge in [-0.25, -0.2) is 18.4 Å². The second-order valence-corrected chi connectivity index (χ2v) is 16.9. The molecule has 0 saturated heterocycles. The third-order valence-corrected chi connectivity index (χ3v) is 8.66. The van der Waals surface area contributed by atoms with Gasteiger partial charge in [-0.3, -0.25) is 9.93 Å². The van der Waals surface area contributed by atoms with Gasteiger partial charge >= 0.3 is 0 Å². The first kappa shape index (κ1) is 58.7. The molecule has 0 fully saturated rings. The average molecular weight is 868 g/mol. The Labute approximate surface area is 352 Å². The van der Waals surface area contributed by atoms with Crippen LogP contribution in [0.5, 0.6) is 0 Å². The van der Waals surface area contributed by atoms with Gasteiger partial charge in [-0.05, 0) is 124 Å². The van der Waals surface area contributed by atoms with Crippen molar-refractivity contribution in [2.75, 3.05) is 26.4 Å². The Bertz CT molecular complexity index is 1710. The molecule has 0 saturated carbocycles. The first-order valence-corrected chi connectivity index (χ1v) is 19.8. The normalized spacial score (nSPS) is 11.6. The summed E-state index contributed by atoms with van der Waals surface area (Å²) in [6.45, 7) is 22.4. The molecule has 11 nitrogen and oxygen atoms in total. The number of benzene rings is 2. The number of carbonyl (C=O) groups excluding carboxylic acids is 1. The van der Waals surface area contributed by atoms with Crippen molar-refractivity contribution in [3.63, 3.8) is 0 Å². The number of aliphatic hydroxyl groups is 4. The molecule has 0 bridgehead atoms. The maximum absolute atomic E-state index is 12.1. The van der Waals surface area contributed by atoms with Crippen molar-refractivity contribution in [3.8, 4) is 0 Å². The van der Waals surface area contributed by atoms with E-state index in [9.17, 15) is 13.2 Å². The van der Waals surface area contributed by atoms with E-state index in [1.165, 1.54) is 0 Å². The molecule has 6 N–H and O–H groups in total. The van der Waals surface area contributed by atoms with E-state index in [1.54, 1.807) is 59.1 Å². The molecule has 0 aliphatic heterocycles. The quantitative estimate of drug-likeness (QED) is 0.0595. The number of halogens is 2. The fourth-order valence-electron chi connectivity index (χ4n) is 2.99. The average Bonchev–Trinajstić information content (AvgIpc) is 3.05. The van der Waals surface area contributed by atoms with Crippen LogP contribution in [-0.4, -0.2) is 86.2 Å². The van der Waals surface area contributed by atoms with Crippen LogP contribution >= 0.6 is 23.2 Å². The van der Waals surface area contributed by atoms with Gasteiger partial charge < -0.3 is 20.4 Å². The maximum Gasteiger partial charge on any atom is 0.159 e. The molecule has 54 heavy (non-hydrogen) atoms. The zero-order valence-corrected chi connectivity index (χ0v) is 38.3. The summed E-state index contributed by atoms with van der Waals surface area (Å²) in [7, 11) is -2.44. The van der Waals surface area contributed by atoms with Gasteiger partial charge in [-0.15, -0.1) is 0 Å². The number of ketones is 1. The molecule has 0 aliphatic carbocycles. The Morgan fingerprint density at radius 1 is 0.667 bits per heavy atom. The summed E-state index contributed by atoms with van der Waals surface area (Å²) in [6, 6.07) is 15.0.